The van der Waals surface area contributed by atoms with Crippen LogP contribution in [-0.4, -0.2) is 27.4 Å². The van der Waals surface area contributed by atoms with E-state index in [0.717, 1.165) is 5.75 Å². The van der Waals surface area contributed by atoms with Gasteiger partial charge in [0, 0.05) is 5.92 Å². The number of hydrogen-bond donors (Lipinski definition) is 1. The zero-order valence-corrected chi connectivity index (χ0v) is 14.4. The van der Waals surface area contributed by atoms with Gasteiger partial charge in [-0.05, 0) is 23.1 Å². The van der Waals surface area contributed by atoms with Crippen LogP contribution in [0.1, 0.15) is 33.3 Å². The number of rotatable bonds is 7. The van der Waals surface area contributed by atoms with Gasteiger partial charge < -0.3 is 4.74 Å². The van der Waals surface area contributed by atoms with Crippen molar-refractivity contribution in [3.63, 3.8) is 0 Å². The first-order valence-corrected chi connectivity index (χ1v) is 8.38. The molecule has 3 atom stereocenters. The second-order valence-electron chi connectivity index (χ2n) is 6.07. The molecule has 0 bridgehead atoms. The summed E-state index contributed by atoms with van der Waals surface area (Å²) < 4.78 is 29.9. The zero-order valence-electron chi connectivity index (χ0n) is 12.8. The molecule has 0 spiro atoms. The van der Waals surface area contributed by atoms with Crippen molar-refractivity contribution < 1.29 is 17.7 Å². The Hall–Kier alpha value is -0.620. The molecule has 1 rings (SSSR count). The van der Waals surface area contributed by atoms with Gasteiger partial charge in [0.25, 0.3) is 0 Å². The first-order valence-electron chi connectivity index (χ1n) is 6.81. The molecule has 0 aromatic heterocycles. The molecule has 21 heavy (non-hydrogen) atoms. The first-order chi connectivity index (χ1) is 9.74. The second-order valence-corrected chi connectivity index (χ2v) is 7.00. The predicted octanol–water partition coefficient (Wildman–Crippen LogP) is 3.76. The minimum Gasteiger partial charge on any atom is -0.493 e. The summed E-state index contributed by atoms with van der Waals surface area (Å²) in [7, 11) is 0. The maximum absolute atomic E-state index is 10.7. The average Bonchev–Trinajstić information content (AvgIpc) is 2.41. The molecule has 1 N–H and O–H groups in total. The van der Waals surface area contributed by atoms with Gasteiger partial charge in [-0.1, -0.05) is 39.8 Å². The average molecular weight is 335 g/mol. The quantitative estimate of drug-likeness (QED) is 0.609. The highest BCUT2D eigenvalue weighted by Gasteiger charge is 2.20. The Balaban J connectivity index is 2.56. The Kier molecular flexibility index (Phi) is 7.13. The Morgan fingerprint density at radius 1 is 1.29 bits per heavy atom. The lowest BCUT2D eigenvalue weighted by molar-refractivity contribution is 0.125. The molecule has 0 saturated carbocycles. The van der Waals surface area contributed by atoms with E-state index in [-0.39, 0.29) is 17.2 Å². The molecule has 0 aliphatic rings. The molecular formula is C15H23ClO4S. The van der Waals surface area contributed by atoms with E-state index >= 15 is 0 Å². The summed E-state index contributed by atoms with van der Waals surface area (Å²) in [5.74, 6) is 0.800. The topological polar surface area (TPSA) is 55.8 Å². The summed E-state index contributed by atoms with van der Waals surface area (Å²) in [6, 6.07) is 7.93. The highest BCUT2D eigenvalue weighted by atomic mass is 35.5. The van der Waals surface area contributed by atoms with E-state index in [4.69, 9.17) is 25.1 Å². The summed E-state index contributed by atoms with van der Waals surface area (Å²) in [4.78, 5) is 0. The lowest BCUT2D eigenvalue weighted by Crippen LogP contribution is -2.29. The summed E-state index contributed by atoms with van der Waals surface area (Å²) in [6.45, 7) is 8.69. The van der Waals surface area contributed by atoms with Crippen molar-refractivity contribution in [3.05, 3.63) is 29.8 Å². The third-order valence-corrected chi connectivity index (χ3v) is 3.94. The normalized spacial score (nSPS) is 16.3. The van der Waals surface area contributed by atoms with Crippen LogP contribution in [0.15, 0.2) is 24.3 Å². The maximum Gasteiger partial charge on any atom is 0.302 e. The third kappa shape index (κ3) is 6.34. The van der Waals surface area contributed by atoms with Gasteiger partial charge in [-0.3, -0.25) is 8.74 Å². The van der Waals surface area contributed by atoms with Gasteiger partial charge in [0.1, 0.15) is 5.75 Å². The van der Waals surface area contributed by atoms with Crippen LogP contribution in [0.25, 0.3) is 0 Å². The largest absolute Gasteiger partial charge is 0.493 e. The van der Waals surface area contributed by atoms with Crippen LogP contribution in [0.3, 0.4) is 0 Å². The van der Waals surface area contributed by atoms with Gasteiger partial charge in [0.2, 0.25) is 0 Å². The van der Waals surface area contributed by atoms with Crippen molar-refractivity contribution in [2.75, 3.05) is 12.5 Å². The van der Waals surface area contributed by atoms with Gasteiger partial charge >= 0.3 is 11.4 Å². The molecule has 0 aliphatic heterocycles. The molecule has 0 aliphatic carbocycles. The van der Waals surface area contributed by atoms with E-state index in [0.29, 0.717) is 6.61 Å². The maximum atomic E-state index is 10.7. The van der Waals surface area contributed by atoms with Crippen molar-refractivity contribution in [2.24, 2.45) is 5.92 Å². The summed E-state index contributed by atoms with van der Waals surface area (Å²) in [5.41, 5.74) is 1.34. The van der Waals surface area contributed by atoms with Crippen molar-refractivity contribution >= 4 is 23.0 Å². The van der Waals surface area contributed by atoms with Crippen molar-refractivity contribution in [1.29, 1.82) is 0 Å². The van der Waals surface area contributed by atoms with Crippen LogP contribution in [0.2, 0.25) is 0 Å². The lowest BCUT2D eigenvalue weighted by atomic mass is 9.87. The molecule has 4 nitrogen and oxygen atoms in total. The van der Waals surface area contributed by atoms with E-state index < -0.39 is 17.5 Å². The van der Waals surface area contributed by atoms with E-state index in [1.165, 1.54) is 5.56 Å². The molecule has 0 amide bonds. The molecule has 120 valence electrons. The van der Waals surface area contributed by atoms with Crippen LogP contribution in [0.4, 0.5) is 0 Å². The fourth-order valence-electron chi connectivity index (χ4n) is 1.76. The third-order valence-electron chi connectivity index (χ3n) is 3.23. The Morgan fingerprint density at radius 2 is 1.86 bits per heavy atom. The zero-order chi connectivity index (χ0) is 16.0. The van der Waals surface area contributed by atoms with Gasteiger partial charge in [-0.2, -0.15) is 4.21 Å². The molecular weight excluding hydrogens is 312 g/mol. The second kappa shape index (κ2) is 8.13. The molecule has 0 saturated heterocycles. The Bertz CT molecular complexity index is 456. The first kappa shape index (κ1) is 18.4. The van der Waals surface area contributed by atoms with E-state index in [1.807, 2.05) is 31.2 Å². The van der Waals surface area contributed by atoms with Crippen LogP contribution >= 0.6 is 11.6 Å². The Labute approximate surface area is 134 Å². The van der Waals surface area contributed by atoms with Crippen LogP contribution in [0.5, 0.6) is 5.75 Å². The van der Waals surface area contributed by atoms with Crippen molar-refractivity contribution in [1.82, 2.24) is 0 Å². The Morgan fingerprint density at radius 3 is 2.29 bits per heavy atom. The number of halogens is 1. The molecule has 3 unspecified atom stereocenters. The smallest absolute Gasteiger partial charge is 0.302 e. The molecule has 0 radical (unpaired) electrons. The number of alkyl halides is 1. The van der Waals surface area contributed by atoms with Gasteiger partial charge in [-0.15, -0.1) is 11.6 Å². The summed E-state index contributed by atoms with van der Waals surface area (Å²) in [5, 5.41) is 0. The SMILES string of the molecule is CC(COc1ccc(C(C)(C)C)cc1)C(CCl)OS(=O)O. The number of ether oxygens (including phenoxy) is 1. The van der Waals surface area contributed by atoms with E-state index in [9.17, 15) is 4.21 Å². The van der Waals surface area contributed by atoms with E-state index in [1.54, 1.807) is 0 Å². The minimum absolute atomic E-state index is 0.0964. The van der Waals surface area contributed by atoms with Crippen LogP contribution in [0, 0.1) is 5.92 Å². The van der Waals surface area contributed by atoms with Gasteiger partial charge in [0.15, 0.2) is 0 Å². The van der Waals surface area contributed by atoms with E-state index in [2.05, 4.69) is 20.8 Å². The van der Waals surface area contributed by atoms with Crippen molar-refractivity contribution in [3.8, 4) is 5.75 Å². The molecule has 0 heterocycles. The van der Waals surface area contributed by atoms with Crippen LogP contribution in [-0.2, 0) is 21.0 Å². The standard InChI is InChI=1S/C15H23ClO4S/c1-11(14(9-16)20-21(17)18)10-19-13-7-5-12(6-8-13)15(2,3)4/h5-8,11,14H,9-10H2,1-4H3,(H,17,18). The molecule has 6 heteroatoms. The monoisotopic (exact) mass is 334 g/mol. The predicted molar refractivity (Wildman–Crippen MR) is 86.2 cm³/mol. The molecule has 1 aromatic rings. The highest BCUT2D eigenvalue weighted by Crippen LogP contribution is 2.24. The van der Waals surface area contributed by atoms with Gasteiger partial charge in [0.05, 0.1) is 18.6 Å². The van der Waals surface area contributed by atoms with Gasteiger partial charge in [-0.25, -0.2) is 0 Å². The van der Waals surface area contributed by atoms with Crippen molar-refractivity contribution in [2.45, 2.75) is 39.2 Å². The summed E-state index contributed by atoms with van der Waals surface area (Å²) in [6.07, 6.45) is -0.522. The minimum atomic E-state index is -2.32. The highest BCUT2D eigenvalue weighted by molar-refractivity contribution is 7.74. The summed E-state index contributed by atoms with van der Waals surface area (Å²) >= 11 is 3.42. The number of benzene rings is 1. The molecule has 0 fully saturated rings. The lowest BCUT2D eigenvalue weighted by Gasteiger charge is -2.21. The number of hydrogen-bond acceptors (Lipinski definition) is 3. The fraction of sp³-hybridized carbons (Fsp3) is 0.600. The molecule has 1 aromatic carbocycles. The van der Waals surface area contributed by atoms with Crippen LogP contribution < -0.4 is 4.74 Å². The fourth-order valence-corrected chi connectivity index (χ4v) is 2.68.